The smallest absolute Gasteiger partial charge is 0.253 e. The predicted octanol–water partition coefficient (Wildman–Crippen LogP) is 5.15. The molecule has 0 atom stereocenters. The van der Waals surface area contributed by atoms with Gasteiger partial charge in [0.15, 0.2) is 0 Å². The zero-order valence-corrected chi connectivity index (χ0v) is 16.9. The van der Waals surface area contributed by atoms with Gasteiger partial charge < -0.3 is 14.6 Å². The summed E-state index contributed by atoms with van der Waals surface area (Å²) >= 11 is 5.99. The number of carbonyl (C=O) groups excluding carboxylic acids is 1. The lowest BCUT2D eigenvalue weighted by atomic mass is 10.1. The van der Waals surface area contributed by atoms with Crippen LogP contribution in [0, 0.1) is 18.6 Å². The number of nitrogens with one attached hydrogen (secondary N) is 1. The highest BCUT2D eigenvalue weighted by atomic mass is 35.5. The summed E-state index contributed by atoms with van der Waals surface area (Å²) in [5, 5.41) is 3.41. The normalized spacial score (nSPS) is 10.9. The summed E-state index contributed by atoms with van der Waals surface area (Å²) in [4.78, 5) is 12.7. The maximum atomic E-state index is 14.6. The van der Waals surface area contributed by atoms with Crippen molar-refractivity contribution in [2.24, 2.45) is 0 Å². The van der Waals surface area contributed by atoms with Gasteiger partial charge in [-0.15, -0.1) is 0 Å². The van der Waals surface area contributed by atoms with Gasteiger partial charge in [-0.3, -0.25) is 4.79 Å². The molecule has 3 rings (SSSR count). The molecule has 0 aliphatic heterocycles. The summed E-state index contributed by atoms with van der Waals surface area (Å²) in [7, 11) is 1.60. The molecular weight excluding hydrogens is 398 g/mol. The van der Waals surface area contributed by atoms with E-state index in [4.69, 9.17) is 16.3 Å². The Kier molecular flexibility index (Phi) is 6.67. The van der Waals surface area contributed by atoms with Crippen LogP contribution in [-0.2, 0) is 4.74 Å². The third-order valence-corrected chi connectivity index (χ3v) is 4.85. The lowest BCUT2D eigenvalue weighted by Gasteiger charge is -2.13. The number of amides is 1. The first kappa shape index (κ1) is 21.0. The lowest BCUT2D eigenvalue weighted by Crippen LogP contribution is -2.25. The van der Waals surface area contributed by atoms with E-state index >= 15 is 0 Å². The monoisotopic (exact) mass is 418 g/mol. The van der Waals surface area contributed by atoms with Gasteiger partial charge in [0.1, 0.15) is 11.6 Å². The van der Waals surface area contributed by atoms with Gasteiger partial charge in [0.2, 0.25) is 0 Å². The molecule has 0 spiro atoms. The molecule has 0 aliphatic rings. The van der Waals surface area contributed by atoms with Crippen LogP contribution in [0.4, 0.5) is 8.78 Å². The van der Waals surface area contributed by atoms with Crippen molar-refractivity contribution >= 4 is 17.5 Å². The van der Waals surface area contributed by atoms with Crippen molar-refractivity contribution in [2.45, 2.75) is 13.3 Å². The highest BCUT2D eigenvalue weighted by Crippen LogP contribution is 2.31. The van der Waals surface area contributed by atoms with Crippen LogP contribution in [-0.4, -0.2) is 30.7 Å². The fourth-order valence-corrected chi connectivity index (χ4v) is 3.28. The summed E-state index contributed by atoms with van der Waals surface area (Å²) in [6.45, 7) is 2.72. The van der Waals surface area contributed by atoms with Crippen LogP contribution in [0.3, 0.4) is 0 Å². The highest BCUT2D eigenvalue weighted by molar-refractivity contribution is 6.30. The first-order valence-corrected chi connectivity index (χ1v) is 9.51. The average Bonchev–Trinajstić information content (AvgIpc) is 3.03. The number of ether oxygens (including phenoxy) is 1. The van der Waals surface area contributed by atoms with Gasteiger partial charge in [-0.25, -0.2) is 8.78 Å². The van der Waals surface area contributed by atoms with Gasteiger partial charge in [-0.05, 0) is 49.2 Å². The SMILES string of the molecule is COCCCNC(=O)c1cc(-c2ccc(Cl)cc2)n(-c2ccc(F)cc2F)c1C. The van der Waals surface area contributed by atoms with Crippen LogP contribution < -0.4 is 5.32 Å². The minimum Gasteiger partial charge on any atom is -0.385 e. The number of aromatic nitrogens is 1. The van der Waals surface area contributed by atoms with Gasteiger partial charge in [0.25, 0.3) is 5.91 Å². The predicted molar refractivity (Wildman–Crippen MR) is 110 cm³/mol. The average molecular weight is 419 g/mol. The molecule has 0 unspecified atom stereocenters. The van der Waals surface area contributed by atoms with Crippen LogP contribution in [0.2, 0.25) is 5.02 Å². The fraction of sp³-hybridized carbons (Fsp3) is 0.227. The maximum Gasteiger partial charge on any atom is 0.253 e. The Bertz CT molecular complexity index is 1020. The molecule has 0 fully saturated rings. The summed E-state index contributed by atoms with van der Waals surface area (Å²) in [6, 6.07) is 12.1. The van der Waals surface area contributed by atoms with E-state index in [0.717, 1.165) is 11.6 Å². The van der Waals surface area contributed by atoms with Crippen molar-refractivity contribution in [1.82, 2.24) is 9.88 Å². The van der Waals surface area contributed by atoms with E-state index < -0.39 is 11.6 Å². The Labute approximate surface area is 173 Å². The van der Waals surface area contributed by atoms with E-state index in [1.165, 1.54) is 12.1 Å². The minimum atomic E-state index is -0.717. The lowest BCUT2D eigenvalue weighted by molar-refractivity contribution is 0.0948. The van der Waals surface area contributed by atoms with E-state index in [1.807, 2.05) is 0 Å². The van der Waals surface area contributed by atoms with E-state index in [0.29, 0.717) is 41.5 Å². The Morgan fingerprint density at radius 2 is 1.86 bits per heavy atom. The molecule has 2 aromatic carbocycles. The summed E-state index contributed by atoms with van der Waals surface area (Å²) in [6.07, 6.45) is 0.679. The van der Waals surface area contributed by atoms with Crippen molar-refractivity contribution in [3.8, 4) is 16.9 Å². The van der Waals surface area contributed by atoms with Crippen molar-refractivity contribution in [1.29, 1.82) is 0 Å². The van der Waals surface area contributed by atoms with Crippen molar-refractivity contribution < 1.29 is 18.3 Å². The molecule has 1 heterocycles. The number of benzene rings is 2. The number of rotatable bonds is 7. The van der Waals surface area contributed by atoms with E-state index in [9.17, 15) is 13.6 Å². The molecule has 7 heteroatoms. The molecule has 0 saturated carbocycles. The molecule has 0 radical (unpaired) electrons. The molecule has 4 nitrogen and oxygen atoms in total. The molecule has 0 aliphatic carbocycles. The Balaban J connectivity index is 2.08. The second-order valence-corrected chi connectivity index (χ2v) is 7.01. The van der Waals surface area contributed by atoms with Gasteiger partial charge in [0.05, 0.1) is 16.9 Å². The van der Waals surface area contributed by atoms with Crippen LogP contribution in [0.15, 0.2) is 48.5 Å². The van der Waals surface area contributed by atoms with Crippen LogP contribution in [0.1, 0.15) is 22.5 Å². The van der Waals surface area contributed by atoms with Crippen molar-refractivity contribution in [2.75, 3.05) is 20.3 Å². The summed E-state index contributed by atoms with van der Waals surface area (Å²) in [5.41, 5.74) is 2.47. The van der Waals surface area contributed by atoms with Gasteiger partial charge in [-0.1, -0.05) is 23.7 Å². The zero-order chi connectivity index (χ0) is 21.0. The molecule has 29 heavy (non-hydrogen) atoms. The molecule has 1 amide bonds. The second kappa shape index (κ2) is 9.20. The number of halogens is 3. The Hall–Kier alpha value is -2.70. The molecule has 0 saturated heterocycles. The molecule has 1 aromatic heterocycles. The molecule has 152 valence electrons. The third-order valence-electron chi connectivity index (χ3n) is 4.59. The number of hydrogen-bond acceptors (Lipinski definition) is 2. The fourth-order valence-electron chi connectivity index (χ4n) is 3.16. The largest absolute Gasteiger partial charge is 0.385 e. The quantitative estimate of drug-likeness (QED) is 0.539. The van der Waals surface area contributed by atoms with Crippen LogP contribution in [0.5, 0.6) is 0 Å². The third kappa shape index (κ3) is 4.66. The number of methoxy groups -OCH3 is 1. The summed E-state index contributed by atoms with van der Waals surface area (Å²) in [5.74, 6) is -1.65. The number of nitrogens with zero attached hydrogens (tertiary/aromatic N) is 1. The second-order valence-electron chi connectivity index (χ2n) is 6.57. The van der Waals surface area contributed by atoms with Crippen molar-refractivity contribution in [3.63, 3.8) is 0 Å². The van der Waals surface area contributed by atoms with Crippen LogP contribution >= 0.6 is 11.6 Å². The van der Waals surface area contributed by atoms with Crippen LogP contribution in [0.25, 0.3) is 16.9 Å². The van der Waals surface area contributed by atoms with E-state index in [-0.39, 0.29) is 11.6 Å². The first-order valence-electron chi connectivity index (χ1n) is 9.13. The Morgan fingerprint density at radius 1 is 1.14 bits per heavy atom. The molecule has 0 bridgehead atoms. The number of carbonyl (C=O) groups is 1. The maximum absolute atomic E-state index is 14.6. The molecular formula is C22H21ClF2N2O2. The first-order chi connectivity index (χ1) is 13.9. The van der Waals surface area contributed by atoms with Gasteiger partial charge >= 0.3 is 0 Å². The highest BCUT2D eigenvalue weighted by Gasteiger charge is 2.21. The standard InChI is InChI=1S/C22H21ClF2N2O2/c1-14-18(22(28)26-10-3-11-29-2)13-21(15-4-6-16(23)7-5-15)27(14)20-9-8-17(24)12-19(20)25/h4-9,12-13H,3,10-11H2,1-2H3,(H,26,28). The van der Waals surface area contributed by atoms with Gasteiger partial charge in [-0.2, -0.15) is 0 Å². The topological polar surface area (TPSA) is 43.3 Å². The van der Waals surface area contributed by atoms with Gasteiger partial charge in [0, 0.05) is 37.0 Å². The zero-order valence-electron chi connectivity index (χ0n) is 16.1. The number of hydrogen-bond donors (Lipinski definition) is 1. The molecule has 1 N–H and O–H groups in total. The van der Waals surface area contributed by atoms with Crippen molar-refractivity contribution in [3.05, 3.63) is 76.4 Å². The molecule has 3 aromatic rings. The van der Waals surface area contributed by atoms with E-state index in [1.54, 1.807) is 48.9 Å². The Morgan fingerprint density at radius 3 is 2.52 bits per heavy atom. The van der Waals surface area contributed by atoms with E-state index in [2.05, 4.69) is 5.32 Å². The summed E-state index contributed by atoms with van der Waals surface area (Å²) < 4.78 is 34.6. The minimum absolute atomic E-state index is 0.160.